The second-order valence-electron chi connectivity index (χ2n) is 7.05. The van der Waals surface area contributed by atoms with Gasteiger partial charge in [0.15, 0.2) is 0 Å². The highest BCUT2D eigenvalue weighted by Gasteiger charge is 2.23. The first-order chi connectivity index (χ1) is 13.9. The lowest BCUT2D eigenvalue weighted by atomic mass is 9.89. The number of methoxy groups -OCH3 is 1. The van der Waals surface area contributed by atoms with E-state index < -0.39 is 0 Å². The van der Waals surface area contributed by atoms with Gasteiger partial charge in [0.05, 0.1) is 12.8 Å². The lowest BCUT2D eigenvalue weighted by Crippen LogP contribution is -2.10. The Labute approximate surface area is 174 Å². The molecule has 0 fully saturated rings. The summed E-state index contributed by atoms with van der Waals surface area (Å²) in [6.07, 6.45) is 0.663. The van der Waals surface area contributed by atoms with Gasteiger partial charge in [0, 0.05) is 16.0 Å². The van der Waals surface area contributed by atoms with Crippen molar-refractivity contribution in [1.29, 1.82) is 0 Å². The molecule has 1 heterocycles. The minimum absolute atomic E-state index is 0.0742. The Bertz CT molecular complexity index is 1050. The highest BCUT2D eigenvalue weighted by Crippen LogP contribution is 2.47. The number of amides is 1. The van der Waals surface area contributed by atoms with Crippen LogP contribution in [0.15, 0.2) is 35.7 Å². The van der Waals surface area contributed by atoms with Crippen LogP contribution in [0.4, 0.5) is 10.1 Å². The quantitative estimate of drug-likeness (QED) is 0.505. The number of aryl methyl sites for hydroxylation is 2. The number of thiophene rings is 1. The summed E-state index contributed by atoms with van der Waals surface area (Å²) >= 11 is 1.62. The van der Waals surface area contributed by atoms with Crippen molar-refractivity contribution in [2.45, 2.75) is 26.7 Å². The van der Waals surface area contributed by atoms with Crippen molar-refractivity contribution in [2.75, 3.05) is 19.0 Å². The zero-order valence-electron chi connectivity index (χ0n) is 17.0. The summed E-state index contributed by atoms with van der Waals surface area (Å²) in [7, 11) is 1.59. The average Bonchev–Trinajstić information content (AvgIpc) is 3.13. The molecule has 0 radical (unpaired) electrons. The average molecular weight is 413 g/mol. The second-order valence-corrected chi connectivity index (χ2v) is 8.17. The Kier molecular flexibility index (Phi) is 6.35. The van der Waals surface area contributed by atoms with E-state index in [1.165, 1.54) is 6.07 Å². The molecule has 0 aliphatic carbocycles. The molecule has 3 N–H and O–H groups in total. The minimum atomic E-state index is -0.305. The highest BCUT2D eigenvalue weighted by molar-refractivity contribution is 7.10. The molecule has 29 heavy (non-hydrogen) atoms. The number of carbonyl (C=O) groups excluding carboxylic acids is 1. The van der Waals surface area contributed by atoms with Crippen LogP contribution in [0.5, 0.6) is 5.75 Å². The number of hydrogen-bond donors (Lipinski definition) is 2. The van der Waals surface area contributed by atoms with Crippen LogP contribution in [0.1, 0.15) is 28.8 Å². The zero-order valence-corrected chi connectivity index (χ0v) is 17.8. The number of nitrogens with one attached hydrogen (secondary N) is 1. The van der Waals surface area contributed by atoms with Gasteiger partial charge in [-0.15, -0.1) is 11.3 Å². The van der Waals surface area contributed by atoms with E-state index in [9.17, 15) is 9.18 Å². The monoisotopic (exact) mass is 412 g/mol. The topological polar surface area (TPSA) is 64.3 Å². The molecule has 3 aromatic rings. The lowest BCUT2D eigenvalue weighted by Gasteiger charge is -2.21. The SMILES string of the molecule is COc1cc(C)c(NC=O)c(-c2ccsc2C)c1-c1ccc(C(C)CN)c(F)c1. The number of benzene rings is 2. The van der Waals surface area contributed by atoms with E-state index in [1.54, 1.807) is 24.5 Å². The Balaban J connectivity index is 2.36. The van der Waals surface area contributed by atoms with Gasteiger partial charge in [0.25, 0.3) is 0 Å². The number of anilines is 1. The largest absolute Gasteiger partial charge is 0.496 e. The summed E-state index contributed by atoms with van der Waals surface area (Å²) in [5.74, 6) is 0.245. The molecule has 0 bridgehead atoms. The van der Waals surface area contributed by atoms with Gasteiger partial charge < -0.3 is 15.8 Å². The smallest absolute Gasteiger partial charge is 0.211 e. The fourth-order valence-electron chi connectivity index (χ4n) is 3.60. The summed E-state index contributed by atoms with van der Waals surface area (Å²) in [5, 5.41) is 4.83. The Morgan fingerprint density at radius 2 is 2.00 bits per heavy atom. The standard InChI is InChI=1S/C23H25FN2O2S/c1-13-9-20(28-4)21(16-5-6-17(14(2)11-25)19(24)10-16)22(23(13)26-12-27)18-7-8-29-15(18)3/h5-10,12,14H,11,25H2,1-4H3,(H,26,27). The Morgan fingerprint density at radius 3 is 2.55 bits per heavy atom. The molecule has 0 spiro atoms. The van der Waals surface area contributed by atoms with Crippen LogP contribution in [-0.2, 0) is 4.79 Å². The zero-order chi connectivity index (χ0) is 21.1. The van der Waals surface area contributed by atoms with Crippen molar-refractivity contribution in [3.63, 3.8) is 0 Å². The van der Waals surface area contributed by atoms with Gasteiger partial charge in [0.1, 0.15) is 11.6 Å². The normalized spacial score (nSPS) is 11.9. The van der Waals surface area contributed by atoms with Crippen molar-refractivity contribution in [3.05, 3.63) is 57.5 Å². The van der Waals surface area contributed by atoms with Crippen molar-refractivity contribution < 1.29 is 13.9 Å². The Morgan fingerprint density at radius 1 is 1.24 bits per heavy atom. The van der Waals surface area contributed by atoms with Gasteiger partial charge in [-0.1, -0.05) is 19.1 Å². The first kappa shape index (κ1) is 21.0. The van der Waals surface area contributed by atoms with Crippen LogP contribution >= 0.6 is 11.3 Å². The summed E-state index contributed by atoms with van der Waals surface area (Å²) in [5.41, 5.74) is 11.1. The third kappa shape index (κ3) is 3.91. The van der Waals surface area contributed by atoms with Crippen molar-refractivity contribution in [1.82, 2.24) is 0 Å². The fraction of sp³-hybridized carbons (Fsp3) is 0.261. The van der Waals surface area contributed by atoms with Crippen LogP contribution in [0.25, 0.3) is 22.3 Å². The third-order valence-electron chi connectivity index (χ3n) is 5.21. The fourth-order valence-corrected chi connectivity index (χ4v) is 4.31. The summed E-state index contributed by atoms with van der Waals surface area (Å²) < 4.78 is 20.6. The lowest BCUT2D eigenvalue weighted by molar-refractivity contribution is -0.105. The van der Waals surface area contributed by atoms with Gasteiger partial charge in [-0.3, -0.25) is 4.79 Å². The molecule has 0 saturated carbocycles. The van der Waals surface area contributed by atoms with Crippen LogP contribution in [-0.4, -0.2) is 20.1 Å². The summed E-state index contributed by atoms with van der Waals surface area (Å²) in [4.78, 5) is 12.4. The third-order valence-corrected chi connectivity index (χ3v) is 6.06. The number of nitrogens with two attached hydrogens (primary N) is 1. The molecule has 152 valence electrons. The molecule has 2 aromatic carbocycles. The molecule has 6 heteroatoms. The van der Waals surface area contributed by atoms with Crippen molar-refractivity contribution in [3.8, 4) is 28.0 Å². The predicted molar refractivity (Wildman–Crippen MR) is 118 cm³/mol. The summed E-state index contributed by atoms with van der Waals surface area (Å²) in [6, 6.07) is 9.05. The molecule has 3 rings (SSSR count). The number of rotatable bonds is 7. The number of hydrogen-bond acceptors (Lipinski definition) is 4. The van der Waals surface area contributed by atoms with Crippen molar-refractivity contribution >= 4 is 23.4 Å². The number of carbonyl (C=O) groups is 1. The molecular weight excluding hydrogens is 387 g/mol. The molecular formula is C23H25FN2O2S. The van der Waals surface area contributed by atoms with Gasteiger partial charge in [-0.25, -0.2) is 4.39 Å². The van der Waals surface area contributed by atoms with Crippen LogP contribution in [0.2, 0.25) is 0 Å². The van der Waals surface area contributed by atoms with Gasteiger partial charge in [-0.2, -0.15) is 0 Å². The molecule has 1 unspecified atom stereocenters. The van der Waals surface area contributed by atoms with Crippen LogP contribution in [0, 0.1) is 19.7 Å². The number of ether oxygens (including phenoxy) is 1. The maximum absolute atomic E-state index is 14.9. The molecule has 0 aliphatic rings. The van der Waals surface area contributed by atoms with Gasteiger partial charge in [-0.05, 0) is 72.1 Å². The van der Waals surface area contributed by atoms with E-state index in [1.807, 2.05) is 44.4 Å². The minimum Gasteiger partial charge on any atom is -0.496 e. The van der Waals surface area contributed by atoms with E-state index in [-0.39, 0.29) is 11.7 Å². The van der Waals surface area contributed by atoms with Gasteiger partial charge >= 0.3 is 0 Å². The molecule has 0 aliphatic heterocycles. The maximum atomic E-state index is 14.9. The van der Waals surface area contributed by atoms with Gasteiger partial charge in [0.2, 0.25) is 6.41 Å². The Hall–Kier alpha value is -2.70. The van der Waals surface area contributed by atoms with Crippen LogP contribution < -0.4 is 15.8 Å². The summed E-state index contributed by atoms with van der Waals surface area (Å²) in [6.45, 7) is 6.21. The predicted octanol–water partition coefficient (Wildman–Crippen LogP) is 5.48. The first-order valence-electron chi connectivity index (χ1n) is 9.39. The van der Waals surface area contributed by atoms with Crippen LogP contribution in [0.3, 0.4) is 0 Å². The van der Waals surface area contributed by atoms with E-state index in [0.29, 0.717) is 35.5 Å². The molecule has 4 nitrogen and oxygen atoms in total. The molecule has 1 atom stereocenters. The van der Waals surface area contributed by atoms with Crippen molar-refractivity contribution in [2.24, 2.45) is 5.73 Å². The van der Waals surface area contributed by atoms with E-state index in [2.05, 4.69) is 5.32 Å². The second kappa shape index (κ2) is 8.76. The molecule has 0 saturated heterocycles. The van der Waals surface area contributed by atoms with E-state index in [0.717, 1.165) is 27.1 Å². The molecule has 1 aromatic heterocycles. The first-order valence-corrected chi connectivity index (χ1v) is 10.3. The maximum Gasteiger partial charge on any atom is 0.211 e. The van der Waals surface area contributed by atoms with E-state index >= 15 is 0 Å². The number of halogens is 1. The highest BCUT2D eigenvalue weighted by atomic mass is 32.1. The molecule has 1 amide bonds. The van der Waals surface area contributed by atoms with E-state index in [4.69, 9.17) is 10.5 Å².